The van der Waals surface area contributed by atoms with Crippen molar-refractivity contribution >= 4 is 5.91 Å². The fourth-order valence-electron chi connectivity index (χ4n) is 3.41. The highest BCUT2D eigenvalue weighted by Crippen LogP contribution is 2.32. The second kappa shape index (κ2) is 7.45. The Morgan fingerprint density at radius 3 is 2.52 bits per heavy atom. The van der Waals surface area contributed by atoms with Gasteiger partial charge in [0.1, 0.15) is 0 Å². The third-order valence-electron chi connectivity index (χ3n) is 5.05. The van der Waals surface area contributed by atoms with E-state index in [-0.39, 0.29) is 0 Å². The van der Waals surface area contributed by atoms with Crippen molar-refractivity contribution in [1.29, 1.82) is 0 Å². The first-order chi connectivity index (χ1) is 11.2. The summed E-state index contributed by atoms with van der Waals surface area (Å²) in [7, 11) is 1.72. The standard InChI is InChI=1S/C19H28N2O2/c1-14-12-21(19(22)17-7-8-17)10-9-18(14)20-11-15-3-5-16(6-4-15)13-23-2/h3-6,14,17-18,20H,7-13H2,1-2H3/t14-,18-/m1/s1. The van der Waals surface area contributed by atoms with E-state index in [9.17, 15) is 4.79 Å². The number of benzene rings is 1. The minimum Gasteiger partial charge on any atom is -0.380 e. The molecule has 1 saturated heterocycles. The Labute approximate surface area is 139 Å². The van der Waals surface area contributed by atoms with Gasteiger partial charge in [0.2, 0.25) is 5.91 Å². The summed E-state index contributed by atoms with van der Waals surface area (Å²) in [6, 6.07) is 9.08. The fraction of sp³-hybridized carbons (Fsp3) is 0.632. The first kappa shape index (κ1) is 16.5. The van der Waals surface area contributed by atoms with Gasteiger partial charge in [-0.3, -0.25) is 4.79 Å². The van der Waals surface area contributed by atoms with Crippen molar-refractivity contribution in [3.05, 3.63) is 35.4 Å². The van der Waals surface area contributed by atoms with Crippen LogP contribution in [-0.4, -0.2) is 37.0 Å². The molecule has 0 unspecified atom stereocenters. The van der Waals surface area contributed by atoms with Crippen molar-refractivity contribution in [2.75, 3.05) is 20.2 Å². The average Bonchev–Trinajstić information content (AvgIpc) is 3.39. The van der Waals surface area contributed by atoms with Crippen LogP contribution in [0.15, 0.2) is 24.3 Å². The average molecular weight is 316 g/mol. The molecular formula is C19H28N2O2. The molecule has 4 heteroatoms. The summed E-state index contributed by atoms with van der Waals surface area (Å²) in [5.74, 6) is 1.25. The molecule has 1 aromatic carbocycles. The van der Waals surface area contributed by atoms with Crippen LogP contribution in [-0.2, 0) is 22.7 Å². The van der Waals surface area contributed by atoms with Crippen LogP contribution in [0.2, 0.25) is 0 Å². The molecular weight excluding hydrogens is 288 g/mol. The lowest BCUT2D eigenvalue weighted by Gasteiger charge is -2.37. The van der Waals surface area contributed by atoms with Gasteiger partial charge in [0.15, 0.2) is 0 Å². The first-order valence-corrected chi connectivity index (χ1v) is 8.76. The summed E-state index contributed by atoms with van der Waals surface area (Å²) < 4.78 is 5.14. The van der Waals surface area contributed by atoms with Crippen LogP contribution in [0, 0.1) is 11.8 Å². The lowest BCUT2D eigenvalue weighted by Crippen LogP contribution is -2.50. The number of nitrogens with one attached hydrogen (secondary N) is 1. The molecule has 0 aromatic heterocycles. The Morgan fingerprint density at radius 1 is 1.22 bits per heavy atom. The summed E-state index contributed by atoms with van der Waals surface area (Å²) >= 11 is 0. The third kappa shape index (κ3) is 4.33. The Bertz CT molecular complexity index is 525. The number of carbonyl (C=O) groups is 1. The van der Waals surface area contributed by atoms with Gasteiger partial charge in [0.05, 0.1) is 6.61 Å². The van der Waals surface area contributed by atoms with Gasteiger partial charge in [-0.25, -0.2) is 0 Å². The van der Waals surface area contributed by atoms with Crippen molar-refractivity contribution in [1.82, 2.24) is 10.2 Å². The molecule has 1 aromatic rings. The molecule has 1 aliphatic carbocycles. The number of piperidine rings is 1. The van der Waals surface area contributed by atoms with E-state index in [1.54, 1.807) is 7.11 Å². The van der Waals surface area contributed by atoms with Gasteiger partial charge in [0, 0.05) is 38.7 Å². The van der Waals surface area contributed by atoms with Crippen LogP contribution in [0.25, 0.3) is 0 Å². The van der Waals surface area contributed by atoms with Crippen LogP contribution in [0.4, 0.5) is 0 Å². The molecule has 4 nitrogen and oxygen atoms in total. The second-order valence-corrected chi connectivity index (χ2v) is 7.06. The van der Waals surface area contributed by atoms with E-state index in [0.717, 1.165) is 38.9 Å². The molecule has 0 radical (unpaired) electrons. The van der Waals surface area contributed by atoms with Crippen LogP contribution in [0.3, 0.4) is 0 Å². The number of methoxy groups -OCH3 is 1. The van der Waals surface area contributed by atoms with Crippen molar-refractivity contribution in [2.45, 2.75) is 45.4 Å². The van der Waals surface area contributed by atoms with Crippen molar-refractivity contribution in [2.24, 2.45) is 11.8 Å². The highest BCUT2D eigenvalue weighted by molar-refractivity contribution is 5.81. The maximum absolute atomic E-state index is 12.2. The Hall–Kier alpha value is -1.39. The number of carbonyl (C=O) groups excluding carboxylic acids is 1. The van der Waals surface area contributed by atoms with Crippen molar-refractivity contribution in [3.8, 4) is 0 Å². The van der Waals surface area contributed by atoms with E-state index in [1.807, 2.05) is 0 Å². The van der Waals surface area contributed by atoms with E-state index in [1.165, 1.54) is 11.1 Å². The Morgan fingerprint density at radius 2 is 1.91 bits per heavy atom. The van der Waals surface area contributed by atoms with E-state index >= 15 is 0 Å². The van der Waals surface area contributed by atoms with E-state index < -0.39 is 0 Å². The fourth-order valence-corrected chi connectivity index (χ4v) is 3.41. The van der Waals surface area contributed by atoms with Gasteiger partial charge in [-0.1, -0.05) is 31.2 Å². The lowest BCUT2D eigenvalue weighted by molar-refractivity contribution is -0.134. The van der Waals surface area contributed by atoms with Gasteiger partial charge in [0.25, 0.3) is 0 Å². The largest absolute Gasteiger partial charge is 0.380 e. The quantitative estimate of drug-likeness (QED) is 0.877. The number of hydrogen-bond donors (Lipinski definition) is 1. The monoisotopic (exact) mass is 316 g/mol. The van der Waals surface area contributed by atoms with E-state index in [4.69, 9.17) is 4.74 Å². The van der Waals surface area contributed by atoms with E-state index in [0.29, 0.717) is 30.4 Å². The van der Waals surface area contributed by atoms with Crippen LogP contribution in [0.1, 0.15) is 37.3 Å². The molecule has 126 valence electrons. The second-order valence-electron chi connectivity index (χ2n) is 7.06. The number of nitrogens with zero attached hydrogens (tertiary/aromatic N) is 1. The van der Waals surface area contributed by atoms with Gasteiger partial charge in [-0.2, -0.15) is 0 Å². The lowest BCUT2D eigenvalue weighted by atomic mass is 9.93. The van der Waals surface area contributed by atoms with Gasteiger partial charge < -0.3 is 15.0 Å². The molecule has 0 bridgehead atoms. The summed E-state index contributed by atoms with van der Waals surface area (Å²) in [6.07, 6.45) is 3.26. The SMILES string of the molecule is COCc1ccc(CN[C@@H]2CCN(C(=O)C3CC3)C[C@H]2C)cc1. The summed E-state index contributed by atoms with van der Waals surface area (Å²) in [5, 5.41) is 3.67. The van der Waals surface area contributed by atoms with Crippen LogP contribution in [0.5, 0.6) is 0 Å². The molecule has 1 amide bonds. The van der Waals surface area contributed by atoms with Gasteiger partial charge in [-0.05, 0) is 36.3 Å². The van der Waals surface area contributed by atoms with Crippen molar-refractivity contribution < 1.29 is 9.53 Å². The Balaban J connectivity index is 1.46. The zero-order valence-corrected chi connectivity index (χ0v) is 14.3. The maximum atomic E-state index is 12.2. The predicted molar refractivity (Wildman–Crippen MR) is 90.9 cm³/mol. The van der Waals surface area contributed by atoms with Gasteiger partial charge >= 0.3 is 0 Å². The third-order valence-corrected chi connectivity index (χ3v) is 5.05. The molecule has 2 atom stereocenters. The first-order valence-electron chi connectivity index (χ1n) is 8.76. The molecule has 2 aliphatic rings. The summed E-state index contributed by atoms with van der Waals surface area (Å²) in [4.78, 5) is 14.3. The normalized spacial score (nSPS) is 24.7. The highest BCUT2D eigenvalue weighted by Gasteiger charge is 2.36. The molecule has 23 heavy (non-hydrogen) atoms. The number of hydrogen-bond acceptors (Lipinski definition) is 3. The van der Waals surface area contributed by atoms with Gasteiger partial charge in [-0.15, -0.1) is 0 Å². The molecule has 1 saturated carbocycles. The predicted octanol–water partition coefficient (Wildman–Crippen LogP) is 2.57. The van der Waals surface area contributed by atoms with Crippen LogP contribution < -0.4 is 5.32 Å². The number of rotatable bonds is 6. The minimum absolute atomic E-state index is 0.345. The smallest absolute Gasteiger partial charge is 0.225 e. The molecule has 1 heterocycles. The summed E-state index contributed by atoms with van der Waals surface area (Å²) in [5.41, 5.74) is 2.50. The molecule has 0 spiro atoms. The maximum Gasteiger partial charge on any atom is 0.225 e. The van der Waals surface area contributed by atoms with E-state index in [2.05, 4.69) is 41.4 Å². The molecule has 3 rings (SSSR count). The highest BCUT2D eigenvalue weighted by atomic mass is 16.5. The number of likely N-dealkylation sites (tertiary alicyclic amines) is 1. The van der Waals surface area contributed by atoms with Crippen molar-refractivity contribution in [3.63, 3.8) is 0 Å². The zero-order chi connectivity index (χ0) is 16.2. The van der Waals surface area contributed by atoms with Crippen LogP contribution >= 0.6 is 0 Å². The minimum atomic E-state index is 0.345. The number of ether oxygens (including phenoxy) is 1. The topological polar surface area (TPSA) is 41.6 Å². The number of amides is 1. The molecule has 1 aliphatic heterocycles. The zero-order valence-electron chi connectivity index (χ0n) is 14.3. The summed E-state index contributed by atoms with van der Waals surface area (Å²) in [6.45, 7) is 5.62. The molecule has 2 fully saturated rings. The molecule has 1 N–H and O–H groups in total. The Kier molecular flexibility index (Phi) is 5.34.